The zero-order valence-corrected chi connectivity index (χ0v) is 30.1. The minimum atomic E-state index is -4.35. The van der Waals surface area contributed by atoms with Gasteiger partial charge in [-0.15, -0.1) is 0 Å². The van der Waals surface area contributed by atoms with Crippen LogP contribution in [-0.4, -0.2) is 74.9 Å². The molecular weight excluding hydrogens is 581 g/mol. The first-order valence-corrected chi connectivity index (χ1v) is 19.3. The van der Waals surface area contributed by atoms with Gasteiger partial charge in [0.15, 0.2) is 6.10 Å². The van der Waals surface area contributed by atoms with Gasteiger partial charge in [-0.2, -0.15) is 0 Å². The highest BCUT2D eigenvalue weighted by Gasteiger charge is 2.27. The number of carbonyl (C=O) groups is 2. The monoisotopic (exact) mass is 650 g/mol. The number of esters is 2. The molecule has 0 aliphatic heterocycles. The van der Waals surface area contributed by atoms with Crippen molar-refractivity contribution in [1.82, 2.24) is 0 Å². The molecule has 0 saturated carbocycles. The van der Waals surface area contributed by atoms with Crippen molar-refractivity contribution in [3.8, 4) is 0 Å². The third-order valence-corrected chi connectivity index (χ3v) is 8.62. The number of quaternary nitrogens is 1. The lowest BCUT2D eigenvalue weighted by Crippen LogP contribution is -2.37. The van der Waals surface area contributed by atoms with E-state index in [1.54, 1.807) is 0 Å². The van der Waals surface area contributed by atoms with Crippen molar-refractivity contribution in [1.29, 1.82) is 0 Å². The van der Waals surface area contributed by atoms with E-state index in [9.17, 15) is 19.0 Å². The Morgan fingerprint density at radius 3 is 1.45 bits per heavy atom. The maximum Gasteiger partial charge on any atom is 0.472 e. The maximum absolute atomic E-state index is 12.5. The van der Waals surface area contributed by atoms with Gasteiger partial charge >= 0.3 is 19.8 Å². The fourth-order valence-electron chi connectivity index (χ4n) is 4.78. The highest BCUT2D eigenvalue weighted by atomic mass is 31.2. The lowest BCUT2D eigenvalue weighted by molar-refractivity contribution is -0.870. The van der Waals surface area contributed by atoms with E-state index in [1.807, 2.05) is 21.1 Å². The van der Waals surface area contributed by atoms with Gasteiger partial charge in [-0.1, -0.05) is 129 Å². The molecule has 0 aliphatic carbocycles. The third-order valence-electron chi connectivity index (χ3n) is 7.64. The van der Waals surface area contributed by atoms with Crippen molar-refractivity contribution in [2.75, 3.05) is 47.5 Å². The number of unbranched alkanes of at least 4 members (excludes halogenated alkanes) is 18. The smallest absolute Gasteiger partial charge is 0.462 e. The number of ether oxygens (including phenoxy) is 2. The molecule has 262 valence electrons. The standard InChI is InChI=1S/C34H68NO8P/c1-6-8-10-12-14-15-16-17-18-19-20-21-23-25-27-34(37)43-32(30-40-33(36)26-24-22-13-11-9-7-2)31-42-44(38,39)41-29-28-35(3,4)5/h32H,6-31H2,1-5H3/p+1/t32-/m0/s1. The fraction of sp³-hybridized carbons (Fsp3) is 0.941. The van der Waals surface area contributed by atoms with Gasteiger partial charge in [0.25, 0.3) is 0 Å². The van der Waals surface area contributed by atoms with Crippen LogP contribution in [0.1, 0.15) is 155 Å². The summed E-state index contributed by atoms with van der Waals surface area (Å²) in [5.41, 5.74) is 0. The number of likely N-dealkylation sites (N-methyl/N-ethyl adjacent to an activating group) is 1. The van der Waals surface area contributed by atoms with Crippen LogP contribution >= 0.6 is 7.82 Å². The van der Waals surface area contributed by atoms with E-state index < -0.39 is 26.5 Å². The van der Waals surface area contributed by atoms with Crippen molar-refractivity contribution < 1.29 is 42.1 Å². The van der Waals surface area contributed by atoms with Crippen LogP contribution in [0.15, 0.2) is 0 Å². The van der Waals surface area contributed by atoms with Gasteiger partial charge in [0.2, 0.25) is 0 Å². The molecule has 0 amide bonds. The summed E-state index contributed by atoms with van der Waals surface area (Å²) < 4.78 is 33.9. The second-order valence-corrected chi connectivity index (χ2v) is 14.7. The number of phosphoric acid groups is 1. The summed E-state index contributed by atoms with van der Waals surface area (Å²) in [5, 5.41) is 0. The first kappa shape index (κ1) is 43.0. The number of rotatable bonds is 32. The second-order valence-electron chi connectivity index (χ2n) is 13.3. The number of hydrogen-bond acceptors (Lipinski definition) is 7. The molecule has 0 aromatic heterocycles. The molecule has 0 rings (SSSR count). The molecule has 1 unspecified atom stereocenters. The van der Waals surface area contributed by atoms with Crippen LogP contribution in [0.3, 0.4) is 0 Å². The molecule has 9 nitrogen and oxygen atoms in total. The van der Waals surface area contributed by atoms with Gasteiger partial charge in [0.1, 0.15) is 19.8 Å². The van der Waals surface area contributed by atoms with Crippen LogP contribution in [0, 0.1) is 0 Å². The Morgan fingerprint density at radius 1 is 0.614 bits per heavy atom. The molecule has 0 heterocycles. The van der Waals surface area contributed by atoms with Crippen LogP contribution in [-0.2, 0) is 32.7 Å². The van der Waals surface area contributed by atoms with Crippen LogP contribution in [0.2, 0.25) is 0 Å². The third kappa shape index (κ3) is 31.0. The Hall–Kier alpha value is -0.990. The molecule has 0 spiro atoms. The summed E-state index contributed by atoms with van der Waals surface area (Å²) in [6.07, 6.45) is 23.1. The zero-order chi connectivity index (χ0) is 32.9. The van der Waals surface area contributed by atoms with E-state index in [0.29, 0.717) is 23.9 Å². The molecule has 10 heteroatoms. The van der Waals surface area contributed by atoms with E-state index in [2.05, 4.69) is 13.8 Å². The molecule has 44 heavy (non-hydrogen) atoms. The van der Waals surface area contributed by atoms with E-state index in [1.165, 1.54) is 83.5 Å². The van der Waals surface area contributed by atoms with Crippen LogP contribution in [0.25, 0.3) is 0 Å². The second kappa shape index (κ2) is 28.3. The minimum Gasteiger partial charge on any atom is -0.462 e. The molecule has 0 fully saturated rings. The molecule has 0 saturated heterocycles. The van der Waals surface area contributed by atoms with Gasteiger partial charge in [0, 0.05) is 12.8 Å². The van der Waals surface area contributed by atoms with Gasteiger partial charge < -0.3 is 18.9 Å². The first-order valence-electron chi connectivity index (χ1n) is 17.8. The predicted molar refractivity (Wildman–Crippen MR) is 178 cm³/mol. The Bertz CT molecular complexity index is 743. The zero-order valence-electron chi connectivity index (χ0n) is 29.2. The van der Waals surface area contributed by atoms with Crippen molar-refractivity contribution in [2.45, 2.75) is 161 Å². The predicted octanol–water partition coefficient (Wildman–Crippen LogP) is 8.90. The van der Waals surface area contributed by atoms with Crippen molar-refractivity contribution >= 4 is 19.8 Å². The summed E-state index contributed by atoms with van der Waals surface area (Å²) >= 11 is 0. The summed E-state index contributed by atoms with van der Waals surface area (Å²) in [4.78, 5) is 34.9. The highest BCUT2D eigenvalue weighted by molar-refractivity contribution is 7.47. The summed E-state index contributed by atoms with van der Waals surface area (Å²) in [6.45, 7) is 4.35. The average molecular weight is 651 g/mol. The normalized spacial score (nSPS) is 13.9. The van der Waals surface area contributed by atoms with E-state index >= 15 is 0 Å². The molecular formula is C34H69NO8P+. The van der Waals surface area contributed by atoms with Gasteiger partial charge in [-0.25, -0.2) is 4.57 Å². The minimum absolute atomic E-state index is 0.0358. The van der Waals surface area contributed by atoms with Crippen molar-refractivity contribution in [2.24, 2.45) is 0 Å². The van der Waals surface area contributed by atoms with E-state index in [4.69, 9.17) is 18.5 Å². The Labute approximate surface area is 270 Å². The summed E-state index contributed by atoms with van der Waals surface area (Å²) in [7, 11) is 1.48. The summed E-state index contributed by atoms with van der Waals surface area (Å²) in [6, 6.07) is 0. The fourth-order valence-corrected chi connectivity index (χ4v) is 5.52. The number of hydrogen-bond donors (Lipinski definition) is 1. The average Bonchev–Trinajstić information content (AvgIpc) is 2.95. The Balaban J connectivity index is 4.38. The van der Waals surface area contributed by atoms with Crippen LogP contribution in [0.5, 0.6) is 0 Å². The summed E-state index contributed by atoms with van der Waals surface area (Å²) in [5.74, 6) is -0.803. The van der Waals surface area contributed by atoms with Crippen LogP contribution < -0.4 is 0 Å². The highest BCUT2D eigenvalue weighted by Crippen LogP contribution is 2.43. The molecule has 0 aliphatic rings. The molecule has 0 aromatic carbocycles. The SMILES string of the molecule is CCCCCCCCCCCCCCCCC(=O)O[C@@H](COC(=O)CCCCCCCC)COP(=O)(O)OCC[N+](C)(C)C. The van der Waals surface area contributed by atoms with E-state index in [0.717, 1.165) is 38.5 Å². The topological polar surface area (TPSA) is 108 Å². The van der Waals surface area contributed by atoms with Crippen LogP contribution in [0.4, 0.5) is 0 Å². The van der Waals surface area contributed by atoms with Crippen molar-refractivity contribution in [3.63, 3.8) is 0 Å². The first-order chi connectivity index (χ1) is 21.0. The lowest BCUT2D eigenvalue weighted by atomic mass is 10.0. The van der Waals surface area contributed by atoms with Gasteiger partial charge in [0.05, 0.1) is 27.7 Å². The maximum atomic E-state index is 12.5. The van der Waals surface area contributed by atoms with Gasteiger partial charge in [-0.05, 0) is 12.8 Å². The molecule has 0 radical (unpaired) electrons. The number of carbonyl (C=O) groups excluding carboxylic acids is 2. The largest absolute Gasteiger partial charge is 0.472 e. The Kier molecular flexibility index (Phi) is 27.6. The van der Waals surface area contributed by atoms with Gasteiger partial charge in [-0.3, -0.25) is 18.6 Å². The quantitative estimate of drug-likeness (QED) is 0.0333. The number of phosphoric ester groups is 1. The molecule has 2 atom stereocenters. The molecule has 0 bridgehead atoms. The molecule has 1 N–H and O–H groups in total. The van der Waals surface area contributed by atoms with Crippen molar-refractivity contribution in [3.05, 3.63) is 0 Å². The van der Waals surface area contributed by atoms with E-state index in [-0.39, 0.29) is 25.6 Å². The molecule has 0 aromatic rings. The number of nitrogens with zero attached hydrogens (tertiary/aromatic N) is 1. The lowest BCUT2D eigenvalue weighted by Gasteiger charge is -2.24. The Morgan fingerprint density at radius 2 is 1.02 bits per heavy atom.